The van der Waals surface area contributed by atoms with Gasteiger partial charge in [0, 0.05) is 5.92 Å². The molecule has 3 fully saturated rings. The number of hydrogen-bond acceptors (Lipinski definition) is 4. The second kappa shape index (κ2) is 8.36. The average molecular weight is 449 g/mol. The van der Waals surface area contributed by atoms with Gasteiger partial charge in [-0.2, -0.15) is 0 Å². The standard InChI is InChI=1S/C28H48O4/c1-16(2)17(3)7-12-28(6,32)25-23(31)15-21-24-20(9-11-27(21,25)5)26(4)10-8-19(29)13-18(26)14-22(24)30/h14,16-17,19-25,29-32H,7-13,15H2,1-6H3/t17-,19+,20+,21+,22-,23+,24-,25+,26+,27+,28+/m1/s1. The summed E-state index contributed by atoms with van der Waals surface area (Å²) in [6, 6.07) is 0. The van der Waals surface area contributed by atoms with Crippen molar-refractivity contribution in [3.63, 3.8) is 0 Å². The Labute approximate surface area is 195 Å². The monoisotopic (exact) mass is 448 g/mol. The molecule has 0 aromatic heterocycles. The molecule has 0 bridgehead atoms. The number of fused-ring (bicyclic) bond motifs is 5. The van der Waals surface area contributed by atoms with E-state index in [1.165, 1.54) is 5.57 Å². The number of rotatable bonds is 5. The van der Waals surface area contributed by atoms with Crippen LogP contribution in [0.3, 0.4) is 0 Å². The Kier molecular flexibility index (Phi) is 6.45. The van der Waals surface area contributed by atoms with Crippen LogP contribution in [0.25, 0.3) is 0 Å². The van der Waals surface area contributed by atoms with Gasteiger partial charge in [-0.25, -0.2) is 0 Å². The van der Waals surface area contributed by atoms with E-state index in [0.29, 0.717) is 37.0 Å². The highest BCUT2D eigenvalue weighted by molar-refractivity contribution is 5.28. The van der Waals surface area contributed by atoms with Crippen molar-refractivity contribution in [2.24, 2.45) is 46.3 Å². The molecule has 0 saturated heterocycles. The zero-order valence-electron chi connectivity index (χ0n) is 21.2. The van der Waals surface area contributed by atoms with Gasteiger partial charge >= 0.3 is 0 Å². The van der Waals surface area contributed by atoms with Crippen LogP contribution in [0.2, 0.25) is 0 Å². The summed E-state index contributed by atoms with van der Waals surface area (Å²) in [5.41, 5.74) is 0.224. The first kappa shape index (κ1) is 24.7. The van der Waals surface area contributed by atoms with Crippen LogP contribution in [-0.2, 0) is 0 Å². The molecule has 0 spiro atoms. The molecule has 0 aromatic carbocycles. The molecule has 4 N–H and O–H groups in total. The van der Waals surface area contributed by atoms with Crippen molar-refractivity contribution in [2.75, 3.05) is 0 Å². The fourth-order valence-electron chi connectivity index (χ4n) is 8.78. The van der Waals surface area contributed by atoms with Crippen molar-refractivity contribution in [1.82, 2.24) is 0 Å². The van der Waals surface area contributed by atoms with Gasteiger partial charge in [-0.1, -0.05) is 46.3 Å². The second-order valence-electron chi connectivity index (χ2n) is 13.2. The average Bonchev–Trinajstić information content (AvgIpc) is 2.98. The van der Waals surface area contributed by atoms with Gasteiger partial charge in [0.05, 0.1) is 23.9 Å². The molecule has 0 radical (unpaired) electrons. The summed E-state index contributed by atoms with van der Waals surface area (Å²) in [5, 5.41) is 44.6. The summed E-state index contributed by atoms with van der Waals surface area (Å²) >= 11 is 0. The Morgan fingerprint density at radius 2 is 1.75 bits per heavy atom. The van der Waals surface area contributed by atoms with E-state index in [9.17, 15) is 20.4 Å². The van der Waals surface area contributed by atoms with Crippen LogP contribution in [0.4, 0.5) is 0 Å². The van der Waals surface area contributed by atoms with Gasteiger partial charge in [0.2, 0.25) is 0 Å². The highest BCUT2D eigenvalue weighted by Gasteiger charge is 2.65. The Morgan fingerprint density at radius 1 is 1.06 bits per heavy atom. The lowest BCUT2D eigenvalue weighted by Gasteiger charge is -2.59. The maximum absolute atomic E-state index is 11.7. The summed E-state index contributed by atoms with van der Waals surface area (Å²) in [7, 11) is 0. The highest BCUT2D eigenvalue weighted by Crippen LogP contribution is 2.67. The van der Waals surface area contributed by atoms with Crippen LogP contribution in [0, 0.1) is 46.3 Å². The van der Waals surface area contributed by atoms with Gasteiger partial charge in [0.1, 0.15) is 0 Å². The van der Waals surface area contributed by atoms with Crippen LogP contribution in [0.15, 0.2) is 11.6 Å². The van der Waals surface area contributed by atoms with Crippen molar-refractivity contribution < 1.29 is 20.4 Å². The smallest absolute Gasteiger partial charge is 0.0757 e. The molecule has 4 heteroatoms. The largest absolute Gasteiger partial charge is 0.393 e. The van der Waals surface area contributed by atoms with Gasteiger partial charge in [-0.05, 0) is 98.7 Å². The Morgan fingerprint density at radius 3 is 2.41 bits per heavy atom. The molecule has 11 atom stereocenters. The summed E-state index contributed by atoms with van der Waals surface area (Å²) < 4.78 is 0. The molecule has 0 amide bonds. The van der Waals surface area contributed by atoms with E-state index < -0.39 is 17.8 Å². The van der Waals surface area contributed by atoms with Crippen molar-refractivity contribution in [3.8, 4) is 0 Å². The molecular formula is C28H48O4. The molecule has 0 unspecified atom stereocenters. The molecule has 4 aliphatic carbocycles. The third kappa shape index (κ3) is 3.82. The minimum atomic E-state index is -0.904. The number of hydrogen-bond donors (Lipinski definition) is 4. The van der Waals surface area contributed by atoms with Crippen LogP contribution < -0.4 is 0 Å². The van der Waals surface area contributed by atoms with Gasteiger partial charge < -0.3 is 20.4 Å². The van der Waals surface area contributed by atoms with E-state index in [2.05, 4.69) is 40.7 Å². The molecule has 0 aliphatic heterocycles. The molecule has 0 heterocycles. The maximum Gasteiger partial charge on any atom is 0.0757 e. The molecule has 184 valence electrons. The van der Waals surface area contributed by atoms with Gasteiger partial charge in [0.15, 0.2) is 0 Å². The van der Waals surface area contributed by atoms with E-state index in [-0.39, 0.29) is 34.7 Å². The molecule has 32 heavy (non-hydrogen) atoms. The molecule has 0 aromatic rings. The predicted octanol–water partition coefficient (Wildman–Crippen LogP) is 4.69. The zero-order valence-corrected chi connectivity index (χ0v) is 21.2. The lowest BCUT2D eigenvalue weighted by Crippen LogP contribution is -2.56. The Bertz CT molecular complexity index is 729. The lowest BCUT2D eigenvalue weighted by atomic mass is 9.46. The summed E-state index contributed by atoms with van der Waals surface area (Å²) in [6.45, 7) is 13.3. The van der Waals surface area contributed by atoms with Gasteiger partial charge in [-0.15, -0.1) is 0 Å². The summed E-state index contributed by atoms with van der Waals surface area (Å²) in [6.07, 6.45) is 7.62. The lowest BCUT2D eigenvalue weighted by molar-refractivity contribution is -0.137. The van der Waals surface area contributed by atoms with Crippen molar-refractivity contribution >= 4 is 0 Å². The van der Waals surface area contributed by atoms with Crippen LogP contribution >= 0.6 is 0 Å². The molecule has 4 rings (SSSR count). The fourth-order valence-corrected chi connectivity index (χ4v) is 8.78. The van der Waals surface area contributed by atoms with E-state index in [1.807, 2.05) is 6.92 Å². The minimum absolute atomic E-state index is 0.0444. The second-order valence-corrected chi connectivity index (χ2v) is 13.2. The van der Waals surface area contributed by atoms with Crippen LogP contribution in [0.1, 0.15) is 92.9 Å². The Balaban J connectivity index is 1.61. The topological polar surface area (TPSA) is 80.9 Å². The predicted molar refractivity (Wildman–Crippen MR) is 128 cm³/mol. The van der Waals surface area contributed by atoms with E-state index >= 15 is 0 Å². The van der Waals surface area contributed by atoms with Crippen molar-refractivity contribution in [2.45, 2.75) is 117 Å². The number of aliphatic hydroxyl groups is 4. The normalized spacial score (nSPS) is 49.0. The third-order valence-electron chi connectivity index (χ3n) is 11.0. The van der Waals surface area contributed by atoms with Crippen LogP contribution in [-0.4, -0.2) is 44.3 Å². The first-order valence-electron chi connectivity index (χ1n) is 13.3. The first-order valence-corrected chi connectivity index (χ1v) is 13.3. The van der Waals surface area contributed by atoms with Crippen molar-refractivity contribution in [3.05, 3.63) is 11.6 Å². The molecule has 4 aliphatic rings. The molecular weight excluding hydrogens is 400 g/mol. The van der Waals surface area contributed by atoms with E-state index in [1.54, 1.807) is 0 Å². The van der Waals surface area contributed by atoms with E-state index in [4.69, 9.17) is 0 Å². The minimum Gasteiger partial charge on any atom is -0.393 e. The summed E-state index contributed by atoms with van der Waals surface area (Å²) in [4.78, 5) is 0. The summed E-state index contributed by atoms with van der Waals surface area (Å²) in [5.74, 6) is 1.71. The van der Waals surface area contributed by atoms with E-state index in [0.717, 1.165) is 32.1 Å². The van der Waals surface area contributed by atoms with Crippen LogP contribution in [0.5, 0.6) is 0 Å². The highest BCUT2D eigenvalue weighted by atomic mass is 16.3. The zero-order chi connectivity index (χ0) is 23.6. The number of aliphatic hydroxyl groups excluding tert-OH is 3. The fraction of sp³-hybridized carbons (Fsp3) is 0.929. The first-order chi connectivity index (χ1) is 14.8. The molecule has 4 nitrogen and oxygen atoms in total. The van der Waals surface area contributed by atoms with Crippen molar-refractivity contribution in [1.29, 1.82) is 0 Å². The Hall–Kier alpha value is -0.420. The molecule has 3 saturated carbocycles. The van der Waals surface area contributed by atoms with Gasteiger partial charge in [-0.3, -0.25) is 0 Å². The third-order valence-corrected chi connectivity index (χ3v) is 11.0. The SMILES string of the molecule is CC(C)[C@H](C)CC[C@](C)(O)[C@H]1[C@@H](O)C[C@H]2[C@@H]3[C@H](O)C=C4C[C@@H](O)CC[C@]4(C)[C@H]3CC[C@@]21C. The van der Waals surface area contributed by atoms with Gasteiger partial charge in [0.25, 0.3) is 0 Å². The quantitative estimate of drug-likeness (QED) is 0.460. The maximum atomic E-state index is 11.7.